The minimum Gasteiger partial charge on any atom is -0.508 e. The zero-order chi connectivity index (χ0) is 13.8. The predicted molar refractivity (Wildman–Crippen MR) is 68.4 cm³/mol. The van der Waals surface area contributed by atoms with Gasteiger partial charge in [-0.05, 0) is 30.5 Å². The highest BCUT2D eigenvalue weighted by Gasteiger charge is 2.24. The molecular weight excluding hydrogens is 249 g/mol. The van der Waals surface area contributed by atoms with E-state index in [1.165, 1.54) is 12.1 Å². The van der Waals surface area contributed by atoms with Crippen molar-refractivity contribution in [3.8, 4) is 5.75 Å². The summed E-state index contributed by atoms with van der Waals surface area (Å²) < 4.78 is 13.2. The number of aliphatic carboxylic acids is 1. The molecule has 0 radical (unpaired) electrons. The van der Waals surface area contributed by atoms with E-state index in [0.717, 1.165) is 31.7 Å². The third-order valence-corrected chi connectivity index (χ3v) is 3.51. The van der Waals surface area contributed by atoms with Gasteiger partial charge >= 0.3 is 5.97 Å². The topological polar surface area (TPSA) is 60.8 Å². The van der Waals surface area contributed by atoms with Crippen molar-refractivity contribution in [2.45, 2.75) is 38.3 Å². The van der Waals surface area contributed by atoms with Crippen LogP contribution in [0.3, 0.4) is 0 Å². The Bertz CT molecular complexity index is 438. The second-order valence-electron chi connectivity index (χ2n) is 5.05. The highest BCUT2D eigenvalue weighted by atomic mass is 19.1. The van der Waals surface area contributed by atoms with E-state index in [0.29, 0.717) is 12.1 Å². The standard InChI is InChI=1S/C14H18FNO3/c15-11-5-10(6-13(17)7-11)8-16(9-14(18)19)12-3-1-2-4-12/h5-7,12,17H,1-4,8-9H2,(H,18,19). The van der Waals surface area contributed by atoms with Gasteiger partial charge in [0.05, 0.1) is 6.54 Å². The maximum atomic E-state index is 13.2. The molecule has 104 valence electrons. The number of halogens is 1. The summed E-state index contributed by atoms with van der Waals surface area (Å²) in [6, 6.07) is 4.10. The Morgan fingerprint density at radius 3 is 2.58 bits per heavy atom. The summed E-state index contributed by atoms with van der Waals surface area (Å²) in [7, 11) is 0. The molecule has 0 atom stereocenters. The minimum atomic E-state index is -0.882. The Morgan fingerprint density at radius 2 is 2.00 bits per heavy atom. The third-order valence-electron chi connectivity index (χ3n) is 3.51. The molecular formula is C14H18FNO3. The second-order valence-corrected chi connectivity index (χ2v) is 5.05. The van der Waals surface area contributed by atoms with Crippen molar-refractivity contribution in [1.82, 2.24) is 4.90 Å². The number of benzene rings is 1. The SMILES string of the molecule is O=C(O)CN(Cc1cc(O)cc(F)c1)C1CCCC1. The molecule has 0 unspecified atom stereocenters. The van der Waals surface area contributed by atoms with E-state index >= 15 is 0 Å². The molecule has 5 heteroatoms. The van der Waals surface area contributed by atoms with Crippen LogP contribution < -0.4 is 0 Å². The van der Waals surface area contributed by atoms with Crippen molar-refractivity contribution >= 4 is 5.97 Å². The van der Waals surface area contributed by atoms with Crippen LogP contribution in [0, 0.1) is 5.82 Å². The molecule has 0 heterocycles. The van der Waals surface area contributed by atoms with Gasteiger partial charge in [-0.15, -0.1) is 0 Å². The molecule has 0 amide bonds. The molecule has 0 aliphatic heterocycles. The summed E-state index contributed by atoms with van der Waals surface area (Å²) >= 11 is 0. The fraction of sp³-hybridized carbons (Fsp3) is 0.500. The number of carboxylic acid groups (broad SMARTS) is 1. The average molecular weight is 267 g/mol. The van der Waals surface area contributed by atoms with E-state index in [9.17, 15) is 14.3 Å². The van der Waals surface area contributed by atoms with Gasteiger partial charge in [0.1, 0.15) is 11.6 Å². The average Bonchev–Trinajstić information content (AvgIpc) is 2.79. The van der Waals surface area contributed by atoms with Crippen LogP contribution in [0.1, 0.15) is 31.2 Å². The second kappa shape index (κ2) is 6.02. The first-order chi connectivity index (χ1) is 9.04. The minimum absolute atomic E-state index is 0.0536. The number of hydrogen-bond acceptors (Lipinski definition) is 3. The number of phenols is 1. The molecule has 1 fully saturated rings. The van der Waals surface area contributed by atoms with Crippen molar-refractivity contribution in [2.75, 3.05) is 6.54 Å². The monoisotopic (exact) mass is 267 g/mol. The van der Waals surface area contributed by atoms with E-state index in [-0.39, 0.29) is 18.3 Å². The lowest BCUT2D eigenvalue weighted by Gasteiger charge is -2.27. The molecule has 4 nitrogen and oxygen atoms in total. The lowest BCUT2D eigenvalue weighted by atomic mass is 10.1. The first-order valence-corrected chi connectivity index (χ1v) is 6.49. The van der Waals surface area contributed by atoms with Gasteiger partial charge in [0.2, 0.25) is 0 Å². The molecule has 1 aromatic rings. The number of phenolic OH excluding ortho intramolecular Hbond substituents is 1. The van der Waals surface area contributed by atoms with Crippen molar-refractivity contribution < 1.29 is 19.4 Å². The molecule has 19 heavy (non-hydrogen) atoms. The van der Waals surface area contributed by atoms with Crippen LogP contribution in [0.2, 0.25) is 0 Å². The van der Waals surface area contributed by atoms with Crippen LogP contribution in [0.5, 0.6) is 5.75 Å². The summed E-state index contributed by atoms with van der Waals surface area (Å²) in [4.78, 5) is 12.8. The van der Waals surface area contributed by atoms with Gasteiger partial charge in [0, 0.05) is 18.7 Å². The van der Waals surface area contributed by atoms with Gasteiger partial charge in [0.25, 0.3) is 0 Å². The van der Waals surface area contributed by atoms with Crippen molar-refractivity contribution in [3.63, 3.8) is 0 Å². The number of carboxylic acids is 1. The van der Waals surface area contributed by atoms with E-state index in [1.807, 2.05) is 4.90 Å². The van der Waals surface area contributed by atoms with Crippen LogP contribution in [-0.2, 0) is 11.3 Å². The number of rotatable bonds is 5. The Labute approximate surface area is 111 Å². The Hall–Kier alpha value is -1.62. The van der Waals surface area contributed by atoms with Gasteiger partial charge in [-0.1, -0.05) is 12.8 Å². The number of hydrogen-bond donors (Lipinski definition) is 2. The molecule has 0 bridgehead atoms. The maximum Gasteiger partial charge on any atom is 0.317 e. The summed E-state index contributed by atoms with van der Waals surface area (Å²) in [6.07, 6.45) is 4.17. The van der Waals surface area contributed by atoms with E-state index < -0.39 is 11.8 Å². The summed E-state index contributed by atoms with van der Waals surface area (Å²) in [6.45, 7) is 0.296. The van der Waals surface area contributed by atoms with Gasteiger partial charge in [-0.2, -0.15) is 0 Å². The highest BCUT2D eigenvalue weighted by molar-refractivity contribution is 5.69. The van der Waals surface area contributed by atoms with Crippen LogP contribution in [0.25, 0.3) is 0 Å². The third kappa shape index (κ3) is 3.92. The highest BCUT2D eigenvalue weighted by Crippen LogP contribution is 2.25. The van der Waals surface area contributed by atoms with Crippen LogP contribution in [0.4, 0.5) is 4.39 Å². The quantitative estimate of drug-likeness (QED) is 0.859. The fourth-order valence-electron chi connectivity index (χ4n) is 2.72. The molecule has 1 aliphatic carbocycles. The smallest absolute Gasteiger partial charge is 0.317 e. The van der Waals surface area contributed by atoms with Crippen molar-refractivity contribution in [2.24, 2.45) is 0 Å². The lowest BCUT2D eigenvalue weighted by Crippen LogP contribution is -2.37. The van der Waals surface area contributed by atoms with Crippen LogP contribution >= 0.6 is 0 Å². The van der Waals surface area contributed by atoms with E-state index in [1.54, 1.807) is 0 Å². The predicted octanol–water partition coefficient (Wildman–Crippen LogP) is 2.36. The number of carbonyl (C=O) groups is 1. The molecule has 1 aliphatic rings. The molecule has 2 rings (SSSR count). The van der Waals surface area contributed by atoms with Gasteiger partial charge in [-0.3, -0.25) is 9.69 Å². The maximum absolute atomic E-state index is 13.2. The Kier molecular flexibility index (Phi) is 4.37. The van der Waals surface area contributed by atoms with Gasteiger partial charge in [0.15, 0.2) is 0 Å². The number of aromatic hydroxyl groups is 1. The molecule has 2 N–H and O–H groups in total. The van der Waals surface area contributed by atoms with Crippen LogP contribution in [0.15, 0.2) is 18.2 Å². The van der Waals surface area contributed by atoms with E-state index in [4.69, 9.17) is 5.11 Å². The normalized spacial score (nSPS) is 16.1. The van der Waals surface area contributed by atoms with Crippen molar-refractivity contribution in [3.05, 3.63) is 29.6 Å². The zero-order valence-corrected chi connectivity index (χ0v) is 10.7. The van der Waals surface area contributed by atoms with E-state index in [2.05, 4.69) is 0 Å². The van der Waals surface area contributed by atoms with Crippen molar-refractivity contribution in [1.29, 1.82) is 0 Å². The number of nitrogens with zero attached hydrogens (tertiary/aromatic N) is 1. The lowest BCUT2D eigenvalue weighted by molar-refractivity contribution is -0.139. The van der Waals surface area contributed by atoms with Crippen LogP contribution in [-0.4, -0.2) is 33.7 Å². The Balaban J connectivity index is 2.11. The summed E-state index contributed by atoms with van der Waals surface area (Å²) in [5, 5.41) is 18.3. The summed E-state index contributed by atoms with van der Waals surface area (Å²) in [5.74, 6) is -1.51. The Morgan fingerprint density at radius 1 is 1.32 bits per heavy atom. The molecule has 1 saturated carbocycles. The first kappa shape index (κ1) is 13.8. The molecule has 0 spiro atoms. The van der Waals surface area contributed by atoms with Gasteiger partial charge in [-0.25, -0.2) is 4.39 Å². The summed E-state index contributed by atoms with van der Waals surface area (Å²) in [5.41, 5.74) is 0.602. The molecule has 1 aromatic carbocycles. The first-order valence-electron chi connectivity index (χ1n) is 6.49. The van der Waals surface area contributed by atoms with Gasteiger partial charge < -0.3 is 10.2 Å². The molecule has 0 aromatic heterocycles. The molecule has 0 saturated heterocycles. The fourth-order valence-corrected chi connectivity index (χ4v) is 2.72. The largest absolute Gasteiger partial charge is 0.508 e. The zero-order valence-electron chi connectivity index (χ0n) is 10.7.